The Balaban J connectivity index is 3.77. The Morgan fingerprint density at radius 2 is 1.17 bits per heavy atom. The van der Waals surface area contributed by atoms with Gasteiger partial charge in [0.2, 0.25) is 5.60 Å². The van der Waals surface area contributed by atoms with Crippen LogP contribution < -0.4 is 0 Å². The summed E-state index contributed by atoms with van der Waals surface area (Å²) in [5, 5.41) is 27.3. The lowest BCUT2D eigenvalue weighted by molar-refractivity contribution is -0.171. The molecular weight excluding hydrogens is 312 g/mol. The Morgan fingerprint density at radius 1 is 0.750 bits per heavy atom. The number of rotatable bonds is 16. The molecule has 0 aromatic heterocycles. The third-order valence-electron chi connectivity index (χ3n) is 4.23. The lowest BCUT2D eigenvalue weighted by Gasteiger charge is -2.19. The van der Waals surface area contributed by atoms with Crippen molar-refractivity contribution in [1.29, 1.82) is 0 Å². The number of Topliss-reactive ketones (excluding diaryl/α,β-unsaturated/α-hetero) is 1. The maximum atomic E-state index is 11.8. The third kappa shape index (κ3) is 9.65. The monoisotopic (exact) mass is 344 g/mol. The van der Waals surface area contributed by atoms with Crippen molar-refractivity contribution in [3.05, 3.63) is 0 Å². The van der Waals surface area contributed by atoms with Crippen LogP contribution in [0.2, 0.25) is 0 Å². The van der Waals surface area contributed by atoms with E-state index < -0.39 is 29.7 Å². The highest BCUT2D eigenvalue weighted by atomic mass is 16.4. The Kier molecular flexibility index (Phi) is 12.2. The smallest absolute Gasteiger partial charge is 0.344 e. The zero-order chi connectivity index (χ0) is 18.4. The molecule has 1 unspecified atom stereocenters. The summed E-state index contributed by atoms with van der Waals surface area (Å²) in [6.45, 7) is 2.20. The topological polar surface area (TPSA) is 112 Å². The Morgan fingerprint density at radius 3 is 1.54 bits per heavy atom. The van der Waals surface area contributed by atoms with Crippen molar-refractivity contribution in [2.75, 3.05) is 0 Å². The molecule has 3 N–H and O–H groups in total. The number of unbranched alkanes of at least 4 members (excludes halogenated alkanes) is 10. The summed E-state index contributed by atoms with van der Waals surface area (Å²) in [7, 11) is 0. The first kappa shape index (κ1) is 22.6. The molecule has 6 heteroatoms. The predicted octanol–water partition coefficient (Wildman–Crippen LogP) is 3.55. The van der Waals surface area contributed by atoms with Crippen LogP contribution >= 0.6 is 0 Å². The van der Waals surface area contributed by atoms with Crippen LogP contribution in [0.25, 0.3) is 0 Å². The van der Waals surface area contributed by atoms with E-state index in [0.717, 1.165) is 25.7 Å². The lowest BCUT2D eigenvalue weighted by atomic mass is 9.91. The third-order valence-corrected chi connectivity index (χ3v) is 4.23. The second-order valence-corrected chi connectivity index (χ2v) is 6.44. The van der Waals surface area contributed by atoms with Crippen LogP contribution in [0.15, 0.2) is 0 Å². The van der Waals surface area contributed by atoms with Gasteiger partial charge in [0, 0.05) is 6.42 Å². The number of carboxylic acids is 2. The van der Waals surface area contributed by atoms with Crippen LogP contribution in [0.5, 0.6) is 0 Å². The van der Waals surface area contributed by atoms with E-state index in [2.05, 4.69) is 6.92 Å². The van der Waals surface area contributed by atoms with Crippen LogP contribution in [-0.2, 0) is 14.4 Å². The van der Waals surface area contributed by atoms with Gasteiger partial charge >= 0.3 is 11.9 Å². The highest BCUT2D eigenvalue weighted by Gasteiger charge is 2.45. The minimum Gasteiger partial charge on any atom is -0.481 e. The van der Waals surface area contributed by atoms with E-state index in [-0.39, 0.29) is 6.42 Å². The Labute approximate surface area is 144 Å². The van der Waals surface area contributed by atoms with Gasteiger partial charge in [-0.05, 0) is 6.42 Å². The number of carboxylic acid groups (broad SMARTS) is 2. The molecule has 0 spiro atoms. The summed E-state index contributed by atoms with van der Waals surface area (Å²) in [5.41, 5.74) is -2.80. The molecule has 140 valence electrons. The van der Waals surface area contributed by atoms with Crippen LogP contribution in [0.4, 0.5) is 0 Å². The van der Waals surface area contributed by atoms with Crippen LogP contribution in [0, 0.1) is 0 Å². The van der Waals surface area contributed by atoms with Crippen molar-refractivity contribution >= 4 is 17.7 Å². The Bertz CT molecular complexity index is 393. The van der Waals surface area contributed by atoms with Gasteiger partial charge in [-0.25, -0.2) is 4.79 Å². The van der Waals surface area contributed by atoms with Crippen molar-refractivity contribution < 1.29 is 29.7 Å². The maximum absolute atomic E-state index is 11.8. The molecule has 0 radical (unpaired) electrons. The molecule has 0 aliphatic carbocycles. The van der Waals surface area contributed by atoms with E-state index in [1.807, 2.05) is 0 Å². The number of ketones is 1. The van der Waals surface area contributed by atoms with Gasteiger partial charge in [0.1, 0.15) is 0 Å². The molecule has 0 bridgehead atoms. The van der Waals surface area contributed by atoms with Gasteiger partial charge in [-0.1, -0.05) is 71.1 Å². The van der Waals surface area contributed by atoms with Crippen LogP contribution in [-0.4, -0.2) is 38.6 Å². The summed E-state index contributed by atoms with van der Waals surface area (Å²) in [6, 6.07) is 0. The lowest BCUT2D eigenvalue weighted by Crippen LogP contribution is -2.48. The van der Waals surface area contributed by atoms with Gasteiger partial charge in [0.25, 0.3) is 0 Å². The summed E-state index contributed by atoms with van der Waals surface area (Å²) in [6.07, 6.45) is 10.9. The molecule has 0 heterocycles. The van der Waals surface area contributed by atoms with E-state index in [0.29, 0.717) is 6.42 Å². The van der Waals surface area contributed by atoms with E-state index >= 15 is 0 Å². The zero-order valence-electron chi connectivity index (χ0n) is 14.8. The van der Waals surface area contributed by atoms with Crippen molar-refractivity contribution in [2.45, 2.75) is 96.0 Å². The standard InChI is InChI=1S/C18H32O6/c1-2-3-4-5-6-7-8-9-10-11-12-13-15(19)18(24,17(22)23)14-16(20)21/h24H,2-14H2,1H3,(H,20,21)(H,22,23). The summed E-state index contributed by atoms with van der Waals surface area (Å²) in [5.74, 6) is -4.22. The summed E-state index contributed by atoms with van der Waals surface area (Å²) < 4.78 is 0. The molecule has 0 aliphatic heterocycles. The van der Waals surface area contributed by atoms with E-state index in [9.17, 15) is 19.5 Å². The number of carbonyl (C=O) groups excluding carboxylic acids is 1. The minimum atomic E-state index is -2.80. The van der Waals surface area contributed by atoms with Gasteiger partial charge in [-0.15, -0.1) is 0 Å². The fourth-order valence-electron chi connectivity index (χ4n) is 2.67. The molecule has 0 amide bonds. The molecule has 0 aliphatic rings. The van der Waals surface area contributed by atoms with Gasteiger partial charge in [-0.2, -0.15) is 0 Å². The van der Waals surface area contributed by atoms with Crippen molar-refractivity contribution in [3.63, 3.8) is 0 Å². The van der Waals surface area contributed by atoms with Crippen molar-refractivity contribution in [3.8, 4) is 0 Å². The number of aliphatic hydroxyl groups is 1. The largest absolute Gasteiger partial charge is 0.481 e. The highest BCUT2D eigenvalue weighted by Crippen LogP contribution is 2.18. The first-order valence-electron chi connectivity index (χ1n) is 9.05. The minimum absolute atomic E-state index is 0.104. The van der Waals surface area contributed by atoms with E-state index in [1.165, 1.54) is 38.5 Å². The second kappa shape index (κ2) is 12.9. The molecule has 1 atom stereocenters. The molecule has 0 rings (SSSR count). The molecule has 0 fully saturated rings. The SMILES string of the molecule is CCCCCCCCCCCCCC(=O)C(O)(CC(=O)O)C(=O)O. The molecule has 24 heavy (non-hydrogen) atoms. The normalized spacial score (nSPS) is 13.4. The highest BCUT2D eigenvalue weighted by molar-refractivity contribution is 6.08. The molecule has 0 saturated heterocycles. The van der Waals surface area contributed by atoms with Gasteiger partial charge in [0.05, 0.1) is 6.42 Å². The fourth-order valence-corrected chi connectivity index (χ4v) is 2.67. The van der Waals surface area contributed by atoms with Gasteiger partial charge < -0.3 is 15.3 Å². The van der Waals surface area contributed by atoms with E-state index in [4.69, 9.17) is 10.2 Å². The first-order valence-corrected chi connectivity index (χ1v) is 9.05. The zero-order valence-corrected chi connectivity index (χ0v) is 14.8. The number of hydrogen-bond donors (Lipinski definition) is 3. The first-order chi connectivity index (χ1) is 11.3. The quantitative estimate of drug-likeness (QED) is 0.292. The van der Waals surface area contributed by atoms with Gasteiger partial charge in [-0.3, -0.25) is 9.59 Å². The second-order valence-electron chi connectivity index (χ2n) is 6.44. The van der Waals surface area contributed by atoms with Crippen LogP contribution in [0.1, 0.15) is 90.4 Å². The Hall–Kier alpha value is -1.43. The van der Waals surface area contributed by atoms with E-state index in [1.54, 1.807) is 0 Å². The molecule has 0 aromatic carbocycles. The number of carbonyl (C=O) groups is 3. The molecule has 6 nitrogen and oxygen atoms in total. The molecule has 0 aromatic rings. The molecular formula is C18H32O6. The predicted molar refractivity (Wildman–Crippen MR) is 90.9 cm³/mol. The summed E-state index contributed by atoms with van der Waals surface area (Å²) in [4.78, 5) is 33.4. The molecule has 0 saturated carbocycles. The van der Waals surface area contributed by atoms with Crippen molar-refractivity contribution in [1.82, 2.24) is 0 Å². The fraction of sp³-hybridized carbons (Fsp3) is 0.833. The van der Waals surface area contributed by atoms with Gasteiger partial charge in [0.15, 0.2) is 5.78 Å². The summed E-state index contributed by atoms with van der Waals surface area (Å²) >= 11 is 0. The average Bonchev–Trinajstić information content (AvgIpc) is 2.51. The number of aliphatic carboxylic acids is 2. The van der Waals surface area contributed by atoms with Crippen LogP contribution in [0.3, 0.4) is 0 Å². The maximum Gasteiger partial charge on any atom is 0.344 e. The average molecular weight is 344 g/mol. The van der Waals surface area contributed by atoms with Crippen molar-refractivity contribution in [2.24, 2.45) is 0 Å². The number of hydrogen-bond acceptors (Lipinski definition) is 4.